The maximum absolute atomic E-state index is 12.5. The Hall–Kier alpha value is -3.62. The molecule has 0 aliphatic carbocycles. The number of aromatic nitrogens is 3. The number of para-hydroxylation sites is 2. The number of carbonyl (C=O) groups excluding carboxylic acids is 1. The van der Waals surface area contributed by atoms with Gasteiger partial charge in [0.1, 0.15) is 11.6 Å². The van der Waals surface area contributed by atoms with E-state index in [-0.39, 0.29) is 5.91 Å². The van der Waals surface area contributed by atoms with E-state index in [0.717, 1.165) is 16.8 Å². The molecule has 1 aliphatic rings. The van der Waals surface area contributed by atoms with E-state index in [0.29, 0.717) is 28.8 Å². The summed E-state index contributed by atoms with van der Waals surface area (Å²) in [4.78, 5) is 21.6. The second-order valence-electron chi connectivity index (χ2n) is 6.61. The van der Waals surface area contributed by atoms with Crippen LogP contribution >= 0.6 is 0 Å². The van der Waals surface area contributed by atoms with Gasteiger partial charge in [0.25, 0.3) is 5.91 Å². The highest BCUT2D eigenvalue weighted by Gasteiger charge is 2.32. The number of carbonyl (C=O) groups is 1. The van der Waals surface area contributed by atoms with E-state index in [2.05, 4.69) is 26.0 Å². The molecular weight excluding hydrogens is 382 g/mol. The van der Waals surface area contributed by atoms with E-state index in [9.17, 15) is 4.79 Å². The van der Waals surface area contributed by atoms with E-state index in [1.807, 2.05) is 65.2 Å². The second kappa shape index (κ2) is 8.81. The van der Waals surface area contributed by atoms with Gasteiger partial charge in [0, 0.05) is 26.0 Å². The van der Waals surface area contributed by atoms with Gasteiger partial charge >= 0.3 is 6.01 Å². The predicted molar refractivity (Wildman–Crippen MR) is 117 cm³/mol. The minimum atomic E-state index is -0.547. The SMILES string of the molecule is CC.CNC(=O)C1=C(C)NC(Nc2nc3ccccc3o2)=NC1c1nn(C)cc1C. The monoisotopic (exact) mass is 409 g/mol. The number of oxazole rings is 1. The Bertz CT molecular complexity index is 1090. The Morgan fingerprint density at radius 2 is 1.97 bits per heavy atom. The van der Waals surface area contributed by atoms with Crippen molar-refractivity contribution in [2.45, 2.75) is 33.7 Å². The first kappa shape index (κ1) is 21.1. The van der Waals surface area contributed by atoms with Gasteiger partial charge in [-0.2, -0.15) is 10.1 Å². The summed E-state index contributed by atoms with van der Waals surface area (Å²) in [7, 11) is 3.44. The third-order valence-electron chi connectivity index (χ3n) is 4.54. The first-order valence-corrected chi connectivity index (χ1v) is 9.86. The number of amides is 1. The van der Waals surface area contributed by atoms with E-state index >= 15 is 0 Å². The molecule has 0 fully saturated rings. The molecule has 2 aromatic heterocycles. The molecule has 30 heavy (non-hydrogen) atoms. The normalized spacial score (nSPS) is 15.8. The Balaban J connectivity index is 0.00000124. The van der Waals surface area contributed by atoms with Crippen molar-refractivity contribution >= 4 is 29.0 Å². The maximum atomic E-state index is 12.5. The molecule has 0 saturated heterocycles. The third kappa shape index (κ3) is 4.05. The number of anilines is 1. The molecule has 0 spiro atoms. The Labute approximate surface area is 175 Å². The zero-order valence-electron chi connectivity index (χ0n) is 18.1. The van der Waals surface area contributed by atoms with Crippen molar-refractivity contribution in [2.75, 3.05) is 12.4 Å². The molecule has 0 bridgehead atoms. The van der Waals surface area contributed by atoms with Crippen LogP contribution in [-0.2, 0) is 11.8 Å². The highest BCUT2D eigenvalue weighted by atomic mass is 16.4. The van der Waals surface area contributed by atoms with Crippen molar-refractivity contribution in [3.05, 3.63) is 53.0 Å². The number of rotatable bonds is 3. The number of benzene rings is 1. The fourth-order valence-corrected chi connectivity index (χ4v) is 3.29. The number of allylic oxidation sites excluding steroid dienone is 1. The highest BCUT2D eigenvalue weighted by Crippen LogP contribution is 2.31. The lowest BCUT2D eigenvalue weighted by Crippen LogP contribution is -2.38. The molecule has 1 atom stereocenters. The second-order valence-corrected chi connectivity index (χ2v) is 6.61. The smallest absolute Gasteiger partial charge is 0.302 e. The molecular formula is C21H27N7O2. The number of aliphatic imine (C=N–C) groups is 1. The summed E-state index contributed by atoms with van der Waals surface area (Å²) in [6, 6.07) is 7.27. The van der Waals surface area contributed by atoms with Crippen LogP contribution in [-0.4, -0.2) is 33.7 Å². The van der Waals surface area contributed by atoms with Crippen LogP contribution in [0.15, 0.2) is 51.1 Å². The molecule has 0 radical (unpaired) electrons. The lowest BCUT2D eigenvalue weighted by atomic mass is 9.98. The molecule has 158 valence electrons. The van der Waals surface area contributed by atoms with Crippen LogP contribution in [0.3, 0.4) is 0 Å². The third-order valence-corrected chi connectivity index (χ3v) is 4.54. The molecule has 0 saturated carbocycles. The van der Waals surface area contributed by atoms with E-state index in [1.54, 1.807) is 11.7 Å². The van der Waals surface area contributed by atoms with E-state index in [1.165, 1.54) is 0 Å². The number of nitrogens with one attached hydrogen (secondary N) is 3. The molecule has 9 heteroatoms. The number of hydrogen-bond donors (Lipinski definition) is 3. The predicted octanol–water partition coefficient (Wildman–Crippen LogP) is 3.03. The minimum Gasteiger partial charge on any atom is -0.423 e. The number of aryl methyl sites for hydroxylation is 2. The van der Waals surface area contributed by atoms with Gasteiger partial charge < -0.3 is 15.1 Å². The Morgan fingerprint density at radius 3 is 2.60 bits per heavy atom. The van der Waals surface area contributed by atoms with Crippen LogP contribution in [0.25, 0.3) is 11.1 Å². The Morgan fingerprint density at radius 1 is 1.23 bits per heavy atom. The first-order chi connectivity index (χ1) is 14.5. The Kier molecular flexibility index (Phi) is 6.20. The van der Waals surface area contributed by atoms with Gasteiger partial charge in [-0.25, -0.2) is 4.99 Å². The zero-order valence-corrected chi connectivity index (χ0v) is 18.1. The van der Waals surface area contributed by atoms with Crippen LogP contribution in [0.2, 0.25) is 0 Å². The summed E-state index contributed by atoms with van der Waals surface area (Å²) in [6.07, 6.45) is 1.90. The number of nitrogens with zero attached hydrogens (tertiary/aromatic N) is 4. The lowest BCUT2D eigenvalue weighted by Gasteiger charge is -2.25. The average molecular weight is 409 g/mol. The number of guanidine groups is 1. The summed E-state index contributed by atoms with van der Waals surface area (Å²) in [5, 5.41) is 13.4. The standard InChI is InChI=1S/C19H21N7O2.C2H6/c1-10-9-26(4)25-15(10)16-14(17(27)20-3)11(2)21-18(23-16)24-19-22-12-7-5-6-8-13(12)28-19;1-2/h5-9,16H,1-4H3,(H,20,27)(H2,21,22,23,24);1-2H3. The van der Waals surface area contributed by atoms with Crippen LogP contribution in [0, 0.1) is 6.92 Å². The van der Waals surface area contributed by atoms with Gasteiger partial charge in [0.2, 0.25) is 5.96 Å². The van der Waals surface area contributed by atoms with Crippen LogP contribution in [0.5, 0.6) is 0 Å². The van der Waals surface area contributed by atoms with Crippen LogP contribution in [0.1, 0.15) is 38.1 Å². The zero-order chi connectivity index (χ0) is 21.8. The van der Waals surface area contributed by atoms with Crippen LogP contribution in [0.4, 0.5) is 6.01 Å². The number of fused-ring (bicyclic) bond motifs is 1. The van der Waals surface area contributed by atoms with Crippen LogP contribution < -0.4 is 16.0 Å². The van der Waals surface area contributed by atoms with E-state index < -0.39 is 6.04 Å². The molecule has 1 aliphatic heterocycles. The molecule has 4 rings (SSSR count). The quantitative estimate of drug-likeness (QED) is 0.613. The highest BCUT2D eigenvalue weighted by molar-refractivity contribution is 6.01. The fraction of sp³-hybridized carbons (Fsp3) is 0.333. The van der Waals surface area contributed by atoms with Gasteiger partial charge in [0.05, 0.1) is 11.3 Å². The molecule has 1 unspecified atom stereocenters. The molecule has 1 aromatic carbocycles. The van der Waals surface area contributed by atoms with Crippen molar-refractivity contribution in [3.8, 4) is 0 Å². The number of hydrogen-bond acceptors (Lipinski definition) is 7. The molecule has 9 nitrogen and oxygen atoms in total. The maximum Gasteiger partial charge on any atom is 0.302 e. The van der Waals surface area contributed by atoms with Crippen molar-refractivity contribution in [2.24, 2.45) is 12.0 Å². The largest absolute Gasteiger partial charge is 0.423 e. The van der Waals surface area contributed by atoms with Gasteiger partial charge in [0.15, 0.2) is 5.58 Å². The molecule has 3 aromatic rings. The first-order valence-electron chi connectivity index (χ1n) is 9.86. The summed E-state index contributed by atoms with van der Waals surface area (Å²) >= 11 is 0. The summed E-state index contributed by atoms with van der Waals surface area (Å²) in [5.41, 5.74) is 4.30. The summed E-state index contributed by atoms with van der Waals surface area (Å²) in [6.45, 7) is 7.78. The van der Waals surface area contributed by atoms with Crippen molar-refractivity contribution in [1.82, 2.24) is 25.4 Å². The van der Waals surface area contributed by atoms with Gasteiger partial charge in [-0.3, -0.25) is 14.8 Å². The average Bonchev–Trinajstić information content (AvgIpc) is 3.29. The topological polar surface area (TPSA) is 109 Å². The van der Waals surface area contributed by atoms with Crippen molar-refractivity contribution in [3.63, 3.8) is 0 Å². The van der Waals surface area contributed by atoms with Crippen molar-refractivity contribution in [1.29, 1.82) is 0 Å². The summed E-state index contributed by atoms with van der Waals surface area (Å²) < 4.78 is 7.43. The van der Waals surface area contributed by atoms with Gasteiger partial charge in [-0.15, -0.1) is 0 Å². The minimum absolute atomic E-state index is 0.204. The molecule has 3 N–H and O–H groups in total. The fourth-order valence-electron chi connectivity index (χ4n) is 3.29. The van der Waals surface area contributed by atoms with Gasteiger partial charge in [-0.05, 0) is 31.5 Å². The number of likely N-dealkylation sites (N-methyl/N-ethyl adjacent to an activating group) is 1. The van der Waals surface area contributed by atoms with E-state index in [4.69, 9.17) is 9.41 Å². The van der Waals surface area contributed by atoms with Gasteiger partial charge in [-0.1, -0.05) is 26.0 Å². The van der Waals surface area contributed by atoms with Crippen molar-refractivity contribution < 1.29 is 9.21 Å². The molecule has 1 amide bonds. The summed E-state index contributed by atoms with van der Waals surface area (Å²) in [5.74, 6) is 0.233. The molecule has 3 heterocycles. The lowest BCUT2D eigenvalue weighted by molar-refractivity contribution is -0.117.